The third kappa shape index (κ3) is 4.32. The van der Waals surface area contributed by atoms with Crippen LogP contribution in [0, 0.1) is 0 Å². The van der Waals surface area contributed by atoms with Crippen LogP contribution in [0.3, 0.4) is 0 Å². The summed E-state index contributed by atoms with van der Waals surface area (Å²) in [6.07, 6.45) is 6.09. The quantitative estimate of drug-likeness (QED) is 0.365. The van der Waals surface area contributed by atoms with E-state index in [1.165, 1.54) is 23.4 Å². The van der Waals surface area contributed by atoms with E-state index in [4.69, 9.17) is 15.5 Å². The van der Waals surface area contributed by atoms with Gasteiger partial charge in [0.25, 0.3) is 0 Å². The Morgan fingerprint density at radius 1 is 1.15 bits per heavy atom. The molecule has 2 aromatic carbocycles. The molecule has 4 aliphatic heterocycles. The third-order valence-electron chi connectivity index (χ3n) is 8.77. The molecule has 3 atom stereocenters. The minimum absolute atomic E-state index is 0.412. The van der Waals surface area contributed by atoms with Gasteiger partial charge in [-0.05, 0) is 56.1 Å². The molecule has 1 unspecified atom stereocenters. The number of amidine groups is 1. The molecule has 216 valence electrons. The molecule has 7 rings (SSSR count). The van der Waals surface area contributed by atoms with Crippen molar-refractivity contribution in [3.05, 3.63) is 65.4 Å². The molecule has 11 nitrogen and oxygen atoms in total. The summed E-state index contributed by atoms with van der Waals surface area (Å²) in [5, 5.41) is 6.79. The number of aliphatic imine (C=N–C) groups is 1. The Hall–Kier alpha value is -3.74. The number of nitrogens with one attached hydrogen (secondary N) is 3. The molecule has 5 heterocycles. The molecule has 0 radical (unpaired) electrons. The molecule has 0 saturated carbocycles. The van der Waals surface area contributed by atoms with Crippen LogP contribution in [0.2, 0.25) is 0 Å². The highest BCUT2D eigenvalue weighted by molar-refractivity contribution is 7.92. The second kappa shape index (κ2) is 9.40. The van der Waals surface area contributed by atoms with Crippen molar-refractivity contribution in [1.82, 2.24) is 9.88 Å². The molecule has 41 heavy (non-hydrogen) atoms. The minimum Gasteiger partial charge on any atom is -0.496 e. The summed E-state index contributed by atoms with van der Waals surface area (Å²) in [6.45, 7) is 2.52. The topological polar surface area (TPSA) is 131 Å². The lowest BCUT2D eigenvalue weighted by atomic mass is 10.0. The van der Waals surface area contributed by atoms with Crippen LogP contribution in [0.25, 0.3) is 0 Å². The van der Waals surface area contributed by atoms with Crippen LogP contribution in [-0.2, 0) is 22.2 Å². The number of anilines is 4. The van der Waals surface area contributed by atoms with E-state index in [2.05, 4.69) is 44.6 Å². The lowest BCUT2D eigenvalue weighted by molar-refractivity contribution is 0.264. The fourth-order valence-electron chi connectivity index (χ4n) is 7.02. The van der Waals surface area contributed by atoms with Gasteiger partial charge in [-0.1, -0.05) is 12.1 Å². The molecule has 5 N–H and O–H groups in total. The predicted octanol–water partition coefficient (Wildman–Crippen LogP) is 2.68. The van der Waals surface area contributed by atoms with Crippen LogP contribution >= 0.6 is 0 Å². The van der Waals surface area contributed by atoms with Gasteiger partial charge in [-0.3, -0.25) is 10.0 Å². The zero-order valence-electron chi connectivity index (χ0n) is 23.5. The number of hydrogen-bond donors (Lipinski definition) is 4. The normalized spacial score (nSPS) is 25.4. The number of aromatic nitrogens is 1. The number of para-hydroxylation sites is 1. The van der Waals surface area contributed by atoms with Crippen molar-refractivity contribution in [2.24, 2.45) is 10.7 Å². The minimum atomic E-state index is -3.44. The number of benzene rings is 2. The molecule has 12 heteroatoms. The monoisotopic (exact) mass is 576 g/mol. The van der Waals surface area contributed by atoms with Gasteiger partial charge in [-0.2, -0.15) is 0 Å². The van der Waals surface area contributed by atoms with E-state index in [0.717, 1.165) is 29.9 Å². The maximum absolute atomic E-state index is 12.6. The maximum atomic E-state index is 12.6. The van der Waals surface area contributed by atoms with E-state index in [0.29, 0.717) is 59.4 Å². The van der Waals surface area contributed by atoms with Crippen LogP contribution in [0.1, 0.15) is 29.5 Å². The summed E-state index contributed by atoms with van der Waals surface area (Å²) in [5.41, 5.74) is 11.9. The predicted molar refractivity (Wildman–Crippen MR) is 163 cm³/mol. The van der Waals surface area contributed by atoms with Crippen molar-refractivity contribution in [3.8, 4) is 5.75 Å². The zero-order valence-corrected chi connectivity index (χ0v) is 24.3. The number of fused-ring (bicyclic) bond motifs is 4. The van der Waals surface area contributed by atoms with Gasteiger partial charge in [0.05, 0.1) is 35.9 Å². The smallest absolute Gasteiger partial charge is 0.232 e. The number of likely N-dealkylation sites (tertiary alicyclic amines) is 1. The average Bonchev–Trinajstić information content (AvgIpc) is 3.65. The Labute approximate surface area is 240 Å². The van der Waals surface area contributed by atoms with Gasteiger partial charge >= 0.3 is 0 Å². The highest BCUT2D eigenvalue weighted by atomic mass is 32.2. The number of rotatable bonds is 5. The number of piperazine rings is 1. The van der Waals surface area contributed by atoms with Gasteiger partial charge in [0.1, 0.15) is 17.4 Å². The fraction of sp³-hybridized carbons (Fsp3) is 0.414. The average molecular weight is 577 g/mol. The van der Waals surface area contributed by atoms with Gasteiger partial charge in [-0.15, -0.1) is 0 Å². The molecule has 0 spiro atoms. The molecular weight excluding hydrogens is 540 g/mol. The van der Waals surface area contributed by atoms with Crippen LogP contribution in [0.4, 0.5) is 22.9 Å². The number of nitrogens with two attached hydrogens (primary N) is 1. The number of likely N-dealkylation sites (N-methyl/N-ethyl adjacent to an activating group) is 1. The third-order valence-corrected chi connectivity index (χ3v) is 9.94. The Morgan fingerprint density at radius 2 is 1.93 bits per heavy atom. The second-order valence-electron chi connectivity index (χ2n) is 11.5. The van der Waals surface area contributed by atoms with E-state index in [1.54, 1.807) is 7.11 Å². The van der Waals surface area contributed by atoms with Crippen molar-refractivity contribution < 1.29 is 13.2 Å². The Kier molecular flexibility index (Phi) is 6.00. The van der Waals surface area contributed by atoms with Gasteiger partial charge < -0.3 is 30.2 Å². The molecule has 4 aliphatic rings. The first-order chi connectivity index (χ1) is 19.6. The highest BCUT2D eigenvalue weighted by Crippen LogP contribution is 2.42. The molecule has 2 fully saturated rings. The summed E-state index contributed by atoms with van der Waals surface area (Å²) < 4.78 is 32.5. The standard InChI is InChI=1S/C29H36N8O3S/c1-35-16-20-7-8-21(17-35)37(20)19-9-10-23(25(15-19)40-2)29(30)33-27-22(11-13-31-27)28(34-29)32-24-6-4-5-18-12-14-36(26(18)24)41(3,38)39/h4-6,9-11,13,15,20-21,31,33H,7-8,12,14,16-17,30H2,1-3H3,(H,32,34)/t20-,21+,29?. The number of H-pyrrole nitrogens is 1. The molecule has 0 aliphatic carbocycles. The SMILES string of the molecule is COc1cc(N2[C@@H]3CC[C@H]2CN(C)C3)ccc1C1(N)N=C(Nc2cccc3c2N(S(C)(=O)=O)CC3)c2cc[nH]c2N1. The number of ether oxygens (including phenoxy) is 1. The van der Waals surface area contributed by atoms with Gasteiger partial charge in [0.2, 0.25) is 15.8 Å². The van der Waals surface area contributed by atoms with E-state index in [1.807, 2.05) is 36.5 Å². The number of sulfonamides is 1. The molecule has 3 aromatic rings. The number of aromatic amines is 1. The van der Waals surface area contributed by atoms with E-state index >= 15 is 0 Å². The van der Waals surface area contributed by atoms with Gasteiger partial charge in [-0.25, -0.2) is 13.4 Å². The molecule has 2 bridgehead atoms. The molecular formula is C29H36N8O3S. The van der Waals surface area contributed by atoms with Crippen molar-refractivity contribution in [3.63, 3.8) is 0 Å². The summed E-state index contributed by atoms with van der Waals surface area (Å²) in [4.78, 5) is 13.2. The fourth-order valence-corrected chi connectivity index (χ4v) is 7.99. The first kappa shape index (κ1) is 26.2. The number of nitrogens with zero attached hydrogens (tertiary/aromatic N) is 4. The summed E-state index contributed by atoms with van der Waals surface area (Å²) in [7, 11) is 0.414. The molecule has 2 saturated heterocycles. The van der Waals surface area contributed by atoms with E-state index in [-0.39, 0.29) is 0 Å². The zero-order chi connectivity index (χ0) is 28.5. The summed E-state index contributed by atoms with van der Waals surface area (Å²) in [5.74, 6) is 0.540. The second-order valence-corrected chi connectivity index (χ2v) is 13.4. The van der Waals surface area contributed by atoms with Crippen molar-refractivity contribution in [2.75, 3.05) is 59.9 Å². The Bertz CT molecular complexity index is 1640. The van der Waals surface area contributed by atoms with Crippen LogP contribution in [-0.4, -0.2) is 76.3 Å². The van der Waals surface area contributed by atoms with E-state index in [9.17, 15) is 8.42 Å². The largest absolute Gasteiger partial charge is 0.496 e. The Morgan fingerprint density at radius 3 is 2.66 bits per heavy atom. The Balaban J connectivity index is 1.27. The van der Waals surface area contributed by atoms with Crippen molar-refractivity contribution in [1.29, 1.82) is 0 Å². The van der Waals surface area contributed by atoms with Crippen molar-refractivity contribution >= 4 is 38.7 Å². The van der Waals surface area contributed by atoms with Gasteiger partial charge in [0.15, 0.2) is 0 Å². The highest BCUT2D eigenvalue weighted by Gasteiger charge is 2.41. The lowest BCUT2D eigenvalue weighted by Crippen LogP contribution is -2.52. The first-order valence-corrected chi connectivity index (χ1v) is 15.9. The first-order valence-electron chi connectivity index (χ1n) is 14.0. The maximum Gasteiger partial charge on any atom is 0.232 e. The lowest BCUT2D eigenvalue weighted by Gasteiger charge is -2.41. The van der Waals surface area contributed by atoms with Crippen LogP contribution < -0.4 is 30.3 Å². The summed E-state index contributed by atoms with van der Waals surface area (Å²) in [6, 6.07) is 14.8. The molecule has 0 amide bonds. The molecule has 1 aromatic heterocycles. The van der Waals surface area contributed by atoms with Crippen LogP contribution in [0.5, 0.6) is 5.75 Å². The number of methoxy groups -OCH3 is 1. The van der Waals surface area contributed by atoms with Gasteiger partial charge in [0, 0.05) is 49.7 Å². The number of hydrogen-bond acceptors (Lipinski definition) is 9. The van der Waals surface area contributed by atoms with Crippen LogP contribution in [0.15, 0.2) is 53.7 Å². The van der Waals surface area contributed by atoms with Crippen molar-refractivity contribution in [2.45, 2.75) is 37.1 Å². The summed E-state index contributed by atoms with van der Waals surface area (Å²) >= 11 is 0. The van der Waals surface area contributed by atoms with E-state index < -0.39 is 15.8 Å².